The minimum atomic E-state index is -1.13. The molecule has 0 spiro atoms. The first-order valence-corrected chi connectivity index (χ1v) is 23.0. The topological polar surface area (TPSA) is 102 Å². The molecule has 0 bridgehead atoms. The summed E-state index contributed by atoms with van der Waals surface area (Å²) < 4.78 is 17.1. The smallest absolute Gasteiger partial charge is 0.306 e. The van der Waals surface area contributed by atoms with Gasteiger partial charge in [0.25, 0.3) is 0 Å². The number of carboxylic acids is 1. The summed E-state index contributed by atoms with van der Waals surface area (Å²) in [6, 6.07) is -0.730. The van der Waals surface area contributed by atoms with E-state index in [-0.39, 0.29) is 49.1 Å². The average molecular weight is 790 g/mol. The Kier molecular flexibility index (Phi) is 37.7. The first-order valence-electron chi connectivity index (χ1n) is 23.0. The summed E-state index contributed by atoms with van der Waals surface area (Å²) in [6.45, 7) is 4.58. The van der Waals surface area contributed by atoms with Gasteiger partial charge in [0, 0.05) is 19.3 Å². The number of carbonyl (C=O) groups excluding carboxylic acids is 3. The number of carboxylic acid groups (broad SMARTS) is 1. The van der Waals surface area contributed by atoms with Crippen LogP contribution < -0.4 is 5.11 Å². The van der Waals surface area contributed by atoms with E-state index < -0.39 is 18.1 Å². The van der Waals surface area contributed by atoms with Crippen LogP contribution in [-0.2, 0) is 28.6 Å². The van der Waals surface area contributed by atoms with E-state index in [9.17, 15) is 19.5 Å². The van der Waals surface area contributed by atoms with Crippen molar-refractivity contribution in [1.82, 2.24) is 0 Å². The van der Waals surface area contributed by atoms with Crippen molar-refractivity contribution in [3.63, 3.8) is 0 Å². The van der Waals surface area contributed by atoms with Crippen molar-refractivity contribution in [2.75, 3.05) is 41.0 Å². The van der Waals surface area contributed by atoms with E-state index in [1.807, 2.05) is 0 Å². The van der Waals surface area contributed by atoms with E-state index in [4.69, 9.17) is 14.2 Å². The van der Waals surface area contributed by atoms with Crippen molar-refractivity contribution in [2.45, 2.75) is 212 Å². The molecule has 0 amide bonds. The molecule has 56 heavy (non-hydrogen) atoms. The molecule has 0 aliphatic rings. The van der Waals surface area contributed by atoms with Crippen LogP contribution in [0.15, 0.2) is 36.5 Å². The summed E-state index contributed by atoms with van der Waals surface area (Å²) in [5, 5.41) is 11.6. The number of hydrogen-bond acceptors (Lipinski definition) is 7. The number of rotatable bonds is 41. The molecule has 0 N–H and O–H groups in total. The highest BCUT2D eigenvalue weighted by molar-refractivity contribution is 5.70. The fourth-order valence-electron chi connectivity index (χ4n) is 6.63. The molecule has 0 aromatic carbocycles. The number of ether oxygens (including phenoxy) is 3. The fourth-order valence-corrected chi connectivity index (χ4v) is 6.63. The third-order valence-electron chi connectivity index (χ3n) is 10.3. The van der Waals surface area contributed by atoms with Gasteiger partial charge in [0.05, 0.1) is 40.3 Å². The Morgan fingerprint density at radius 2 is 0.964 bits per heavy atom. The van der Waals surface area contributed by atoms with E-state index in [1.54, 1.807) is 21.1 Å². The third kappa shape index (κ3) is 37.1. The Balaban J connectivity index is 4.24. The lowest BCUT2D eigenvalue weighted by molar-refractivity contribution is -0.889. The SMILES string of the molecule is CCCC/C=C/C=C/CCCCCC(=O)OC(COCCC(C(=O)[O-])[N+](C)(C)C)COC(=O)CCCCCCCCC/C=C/CCCCCCCCCCCC. The number of aliphatic carboxylic acids is 1. The lowest BCUT2D eigenvalue weighted by atomic mass is 10.1. The molecule has 8 heteroatoms. The minimum Gasteiger partial charge on any atom is -0.544 e. The van der Waals surface area contributed by atoms with Gasteiger partial charge in [0.15, 0.2) is 6.10 Å². The monoisotopic (exact) mass is 790 g/mol. The molecule has 0 fully saturated rings. The second kappa shape index (κ2) is 39.4. The van der Waals surface area contributed by atoms with Gasteiger partial charge in [-0.25, -0.2) is 0 Å². The van der Waals surface area contributed by atoms with E-state index in [2.05, 4.69) is 50.3 Å². The molecule has 2 unspecified atom stereocenters. The van der Waals surface area contributed by atoms with Gasteiger partial charge in [0.1, 0.15) is 12.6 Å². The average Bonchev–Trinajstić information content (AvgIpc) is 3.15. The van der Waals surface area contributed by atoms with Crippen molar-refractivity contribution in [1.29, 1.82) is 0 Å². The summed E-state index contributed by atoms with van der Waals surface area (Å²) in [5.74, 6) is -1.77. The number of quaternary nitrogens is 1. The lowest BCUT2D eigenvalue weighted by Gasteiger charge is -2.34. The fraction of sp³-hybridized carbons (Fsp3) is 0.812. The Labute approximate surface area is 344 Å². The first-order chi connectivity index (χ1) is 27.1. The number of carbonyl (C=O) groups is 3. The first kappa shape index (κ1) is 53.6. The number of esters is 2. The van der Waals surface area contributed by atoms with Crippen LogP contribution >= 0.6 is 0 Å². The van der Waals surface area contributed by atoms with Gasteiger partial charge in [-0.05, 0) is 57.8 Å². The predicted octanol–water partition coefficient (Wildman–Crippen LogP) is 11.3. The zero-order valence-electron chi connectivity index (χ0n) is 37.1. The molecule has 0 saturated carbocycles. The summed E-state index contributed by atoms with van der Waals surface area (Å²) >= 11 is 0. The van der Waals surface area contributed by atoms with Crippen LogP contribution in [0.2, 0.25) is 0 Å². The molecule has 0 aliphatic heterocycles. The molecule has 0 radical (unpaired) electrons. The Morgan fingerprint density at radius 3 is 1.46 bits per heavy atom. The van der Waals surface area contributed by atoms with Crippen LogP contribution in [0.3, 0.4) is 0 Å². The van der Waals surface area contributed by atoms with Gasteiger partial charge >= 0.3 is 11.9 Å². The van der Waals surface area contributed by atoms with Gasteiger partial charge in [-0.3, -0.25) is 9.59 Å². The molecule has 8 nitrogen and oxygen atoms in total. The lowest BCUT2D eigenvalue weighted by Crippen LogP contribution is -2.55. The van der Waals surface area contributed by atoms with Gasteiger partial charge in [-0.15, -0.1) is 0 Å². The Bertz CT molecular complexity index is 1020. The summed E-state index contributed by atoms with van der Waals surface area (Å²) in [4.78, 5) is 36.8. The van der Waals surface area contributed by atoms with Crippen molar-refractivity contribution < 1.29 is 38.2 Å². The predicted molar refractivity (Wildman–Crippen MR) is 231 cm³/mol. The second-order valence-electron chi connectivity index (χ2n) is 16.7. The number of nitrogens with zero attached hydrogens (tertiary/aromatic N) is 1. The van der Waals surface area contributed by atoms with Crippen LogP contribution in [0.4, 0.5) is 0 Å². The molecular formula is C48H87NO7. The van der Waals surface area contributed by atoms with Crippen LogP contribution in [0, 0.1) is 0 Å². The van der Waals surface area contributed by atoms with Crippen LogP contribution in [0.25, 0.3) is 0 Å². The molecule has 326 valence electrons. The Hall–Kier alpha value is -2.45. The van der Waals surface area contributed by atoms with Crippen LogP contribution in [0.5, 0.6) is 0 Å². The van der Waals surface area contributed by atoms with Gasteiger partial charge in [-0.2, -0.15) is 0 Å². The largest absolute Gasteiger partial charge is 0.544 e. The summed E-state index contributed by atoms with van der Waals surface area (Å²) in [5.41, 5.74) is 0. The standard InChI is InChI=1S/C48H87NO7/c1-6-8-10-12-14-16-18-19-20-21-22-23-24-25-26-27-29-30-32-34-36-38-46(50)55-43-44(42-54-41-40-45(48(52)53)49(3,4)5)56-47(51)39-37-35-33-31-28-17-15-13-11-9-7-2/h13,15,17,23-24,28,44-45H,6-12,14,16,18-22,25-27,29-43H2,1-5H3/b15-13+,24-23+,28-17+. The highest BCUT2D eigenvalue weighted by Crippen LogP contribution is 2.14. The number of unbranched alkanes of at least 4 members (excludes halogenated alkanes) is 22. The molecular weight excluding hydrogens is 703 g/mol. The maximum absolute atomic E-state index is 12.7. The highest BCUT2D eigenvalue weighted by Gasteiger charge is 2.25. The van der Waals surface area contributed by atoms with Crippen molar-refractivity contribution in [3.05, 3.63) is 36.5 Å². The van der Waals surface area contributed by atoms with E-state index in [1.165, 1.54) is 116 Å². The van der Waals surface area contributed by atoms with Gasteiger partial charge in [-0.1, -0.05) is 159 Å². The molecule has 0 heterocycles. The molecule has 0 aromatic rings. The van der Waals surface area contributed by atoms with Crippen LogP contribution in [0.1, 0.15) is 200 Å². The molecule has 0 saturated heterocycles. The summed E-state index contributed by atoms with van der Waals surface area (Å²) in [6.07, 6.45) is 44.7. The highest BCUT2D eigenvalue weighted by atomic mass is 16.6. The van der Waals surface area contributed by atoms with Crippen molar-refractivity contribution in [3.8, 4) is 0 Å². The van der Waals surface area contributed by atoms with Crippen molar-refractivity contribution in [2.24, 2.45) is 0 Å². The van der Waals surface area contributed by atoms with Crippen molar-refractivity contribution >= 4 is 17.9 Å². The van der Waals surface area contributed by atoms with E-state index in [0.717, 1.165) is 51.4 Å². The molecule has 2 atom stereocenters. The van der Waals surface area contributed by atoms with Gasteiger partial charge < -0.3 is 28.6 Å². The maximum atomic E-state index is 12.7. The van der Waals surface area contributed by atoms with Crippen LogP contribution in [-0.4, -0.2) is 75.5 Å². The third-order valence-corrected chi connectivity index (χ3v) is 10.3. The summed E-state index contributed by atoms with van der Waals surface area (Å²) in [7, 11) is 5.39. The molecule has 0 aliphatic carbocycles. The maximum Gasteiger partial charge on any atom is 0.306 e. The Morgan fingerprint density at radius 1 is 0.536 bits per heavy atom. The quantitative estimate of drug-likeness (QED) is 0.0200. The zero-order chi connectivity index (χ0) is 41.4. The van der Waals surface area contributed by atoms with Gasteiger partial charge in [0.2, 0.25) is 0 Å². The second-order valence-corrected chi connectivity index (χ2v) is 16.7. The zero-order valence-corrected chi connectivity index (χ0v) is 37.1. The number of hydrogen-bond donors (Lipinski definition) is 0. The minimum absolute atomic E-state index is 0.0294. The molecule has 0 aromatic heterocycles. The van der Waals surface area contributed by atoms with E-state index >= 15 is 0 Å². The number of likely N-dealkylation sites (N-methyl/N-ethyl adjacent to an activating group) is 1. The normalized spacial score (nSPS) is 13.2. The van der Waals surface area contributed by atoms with E-state index in [0.29, 0.717) is 6.42 Å². The molecule has 0 rings (SSSR count). The number of allylic oxidation sites excluding steroid dienone is 6.